The van der Waals surface area contributed by atoms with Gasteiger partial charge in [-0.3, -0.25) is 4.79 Å². The number of benzene rings is 2. The second-order valence-corrected chi connectivity index (χ2v) is 6.37. The lowest BCUT2D eigenvalue weighted by molar-refractivity contribution is -0.146. The van der Waals surface area contributed by atoms with Crippen molar-refractivity contribution in [3.63, 3.8) is 0 Å². The van der Waals surface area contributed by atoms with Gasteiger partial charge in [0.2, 0.25) is 0 Å². The first kappa shape index (κ1) is 21.7. The van der Waals surface area contributed by atoms with Gasteiger partial charge < -0.3 is 15.2 Å². The van der Waals surface area contributed by atoms with Gasteiger partial charge in [-0.15, -0.1) is 0 Å². The molecule has 1 amide bonds. The van der Waals surface area contributed by atoms with Gasteiger partial charge in [-0.05, 0) is 35.4 Å². The van der Waals surface area contributed by atoms with Crippen LogP contribution in [0.4, 0.5) is 13.2 Å². The molecule has 150 valence electrons. The summed E-state index contributed by atoms with van der Waals surface area (Å²) in [4.78, 5) is 24.3. The number of halogens is 4. The summed E-state index contributed by atoms with van der Waals surface area (Å²) in [5, 5.41) is 13.0. The Bertz CT molecular complexity index is 823. The van der Waals surface area contributed by atoms with Crippen LogP contribution >= 0.6 is 11.6 Å². The number of alkyl halides is 3. The summed E-state index contributed by atoms with van der Waals surface area (Å²) >= 11 is 5.81. The summed E-state index contributed by atoms with van der Waals surface area (Å²) in [6.45, 7) is 0. The van der Waals surface area contributed by atoms with Crippen LogP contribution in [0.5, 0.6) is 0 Å². The van der Waals surface area contributed by atoms with Crippen molar-refractivity contribution >= 4 is 23.5 Å². The van der Waals surface area contributed by atoms with Crippen molar-refractivity contribution in [3.8, 4) is 0 Å². The highest BCUT2D eigenvalue weighted by atomic mass is 35.5. The van der Waals surface area contributed by atoms with Gasteiger partial charge in [0.25, 0.3) is 5.91 Å². The lowest BCUT2D eigenvalue weighted by atomic mass is 10.0. The van der Waals surface area contributed by atoms with Crippen LogP contribution in [0.3, 0.4) is 0 Å². The lowest BCUT2D eigenvalue weighted by Crippen LogP contribution is -2.45. The molecule has 0 aliphatic carbocycles. The van der Waals surface area contributed by atoms with Crippen LogP contribution in [-0.4, -0.2) is 30.1 Å². The van der Waals surface area contributed by atoms with Crippen LogP contribution in [-0.2, 0) is 26.9 Å². The predicted octanol–water partition coefficient (Wildman–Crippen LogP) is 3.29. The van der Waals surface area contributed by atoms with Crippen molar-refractivity contribution < 1.29 is 32.6 Å². The molecule has 0 saturated heterocycles. The fourth-order valence-corrected chi connectivity index (χ4v) is 2.57. The molecule has 0 heterocycles. The van der Waals surface area contributed by atoms with E-state index in [-0.39, 0.29) is 12.0 Å². The molecule has 0 aromatic heterocycles. The van der Waals surface area contributed by atoms with E-state index < -0.39 is 35.8 Å². The quantitative estimate of drug-likeness (QED) is 0.710. The molecule has 28 heavy (non-hydrogen) atoms. The van der Waals surface area contributed by atoms with Crippen molar-refractivity contribution in [1.29, 1.82) is 0 Å². The summed E-state index contributed by atoms with van der Waals surface area (Å²) in [6.07, 6.45) is -6.20. The first-order chi connectivity index (χ1) is 13.1. The Balaban J connectivity index is 2.11. The topological polar surface area (TPSA) is 75.6 Å². The largest absolute Gasteiger partial charge is 0.467 e. The van der Waals surface area contributed by atoms with Crippen LogP contribution < -0.4 is 5.32 Å². The number of aliphatic hydroxyl groups excluding tert-OH is 1. The minimum Gasteiger partial charge on any atom is -0.467 e. The highest BCUT2D eigenvalue weighted by Gasteiger charge is 2.31. The molecule has 0 bridgehead atoms. The number of aliphatic hydroxyl groups is 1. The van der Waals surface area contributed by atoms with Gasteiger partial charge in [0.05, 0.1) is 12.7 Å². The van der Waals surface area contributed by atoms with Crippen molar-refractivity contribution in [1.82, 2.24) is 5.32 Å². The molecule has 0 unspecified atom stereocenters. The van der Waals surface area contributed by atoms with E-state index in [9.17, 15) is 27.9 Å². The van der Waals surface area contributed by atoms with Gasteiger partial charge in [0.15, 0.2) is 6.10 Å². The van der Waals surface area contributed by atoms with Gasteiger partial charge in [-0.1, -0.05) is 35.9 Å². The van der Waals surface area contributed by atoms with Gasteiger partial charge in [-0.2, -0.15) is 13.2 Å². The highest BCUT2D eigenvalue weighted by molar-refractivity contribution is 6.30. The molecule has 0 aliphatic heterocycles. The van der Waals surface area contributed by atoms with Crippen molar-refractivity contribution in [2.45, 2.75) is 24.7 Å². The fraction of sp³-hybridized carbons (Fsp3) is 0.263. The maximum atomic E-state index is 12.6. The molecule has 2 atom stereocenters. The zero-order valence-electron chi connectivity index (χ0n) is 14.7. The molecule has 0 radical (unpaired) electrons. The number of nitrogens with one attached hydrogen (secondary N) is 1. The molecule has 2 aromatic carbocycles. The summed E-state index contributed by atoms with van der Waals surface area (Å²) in [7, 11) is 1.15. The lowest BCUT2D eigenvalue weighted by Gasteiger charge is -2.19. The van der Waals surface area contributed by atoms with Gasteiger partial charge in [0, 0.05) is 11.4 Å². The maximum absolute atomic E-state index is 12.6. The van der Waals surface area contributed by atoms with Crippen LogP contribution in [0.15, 0.2) is 48.5 Å². The highest BCUT2D eigenvalue weighted by Crippen LogP contribution is 2.30. The second-order valence-electron chi connectivity index (χ2n) is 5.94. The summed E-state index contributed by atoms with van der Waals surface area (Å²) in [5.41, 5.74) is -0.260. The number of hydrogen-bond donors (Lipinski definition) is 2. The SMILES string of the molecule is COC(=O)[C@H](Cc1ccc(Cl)cc1)NC(=O)[C@@H](O)c1ccc(C(F)(F)F)cc1. The molecule has 2 rings (SSSR count). The van der Waals surface area contributed by atoms with Gasteiger partial charge in [-0.25, -0.2) is 4.79 Å². The Labute approximate surface area is 164 Å². The Morgan fingerprint density at radius 2 is 1.68 bits per heavy atom. The van der Waals surface area contributed by atoms with Crippen LogP contribution in [0, 0.1) is 0 Å². The number of carbonyl (C=O) groups excluding carboxylic acids is 2. The minimum absolute atomic E-state index is 0.0411. The predicted molar refractivity (Wildman–Crippen MR) is 95.5 cm³/mol. The van der Waals surface area contributed by atoms with Crippen molar-refractivity contribution in [3.05, 3.63) is 70.2 Å². The number of hydrogen-bond acceptors (Lipinski definition) is 4. The second kappa shape index (κ2) is 9.07. The Hall–Kier alpha value is -2.58. The molecule has 5 nitrogen and oxygen atoms in total. The van der Waals surface area contributed by atoms with E-state index in [1.54, 1.807) is 24.3 Å². The van der Waals surface area contributed by atoms with Crippen LogP contribution in [0.25, 0.3) is 0 Å². The first-order valence-corrected chi connectivity index (χ1v) is 8.47. The molecule has 0 fully saturated rings. The molecule has 2 N–H and O–H groups in total. The molecular formula is C19H17ClF3NO4. The summed E-state index contributed by atoms with van der Waals surface area (Å²) in [6, 6.07) is 8.98. The van der Waals surface area contributed by atoms with E-state index in [2.05, 4.69) is 10.1 Å². The van der Waals surface area contributed by atoms with Crippen molar-refractivity contribution in [2.24, 2.45) is 0 Å². The number of esters is 1. The third-order valence-corrected chi connectivity index (χ3v) is 4.21. The molecule has 2 aromatic rings. The average Bonchev–Trinajstić information content (AvgIpc) is 2.67. The fourth-order valence-electron chi connectivity index (χ4n) is 2.45. The smallest absolute Gasteiger partial charge is 0.416 e. The maximum Gasteiger partial charge on any atom is 0.416 e. The van der Waals surface area contributed by atoms with Gasteiger partial charge >= 0.3 is 12.1 Å². The Morgan fingerprint density at radius 1 is 1.11 bits per heavy atom. The Kier molecular flexibility index (Phi) is 7.04. The molecule has 0 spiro atoms. The number of rotatable bonds is 6. The van der Waals surface area contributed by atoms with E-state index in [0.717, 1.165) is 31.4 Å². The standard InChI is InChI=1S/C19H17ClF3NO4/c1-28-18(27)15(10-11-2-8-14(20)9-3-11)24-17(26)16(25)12-4-6-13(7-5-12)19(21,22)23/h2-9,15-16,25H,10H2,1H3,(H,24,26)/t15-,16-/m0/s1. The first-order valence-electron chi connectivity index (χ1n) is 8.09. The van der Waals surface area contributed by atoms with E-state index >= 15 is 0 Å². The summed E-state index contributed by atoms with van der Waals surface area (Å²) in [5.74, 6) is -1.67. The van der Waals surface area contributed by atoms with Crippen molar-refractivity contribution in [2.75, 3.05) is 7.11 Å². The zero-order valence-corrected chi connectivity index (χ0v) is 15.4. The summed E-state index contributed by atoms with van der Waals surface area (Å²) < 4.78 is 42.5. The Morgan fingerprint density at radius 3 is 2.18 bits per heavy atom. The molecule has 0 aliphatic rings. The monoisotopic (exact) mass is 415 g/mol. The minimum atomic E-state index is -4.53. The van der Waals surface area contributed by atoms with Crippen LogP contribution in [0.1, 0.15) is 22.8 Å². The van der Waals surface area contributed by atoms with Gasteiger partial charge in [0.1, 0.15) is 6.04 Å². The molecule has 0 saturated carbocycles. The zero-order chi connectivity index (χ0) is 20.9. The number of ether oxygens (including phenoxy) is 1. The average molecular weight is 416 g/mol. The molecule has 9 heteroatoms. The normalized spacial score (nSPS) is 13.5. The third kappa shape index (κ3) is 5.71. The third-order valence-electron chi connectivity index (χ3n) is 3.96. The number of amides is 1. The number of carbonyl (C=O) groups is 2. The van der Waals surface area contributed by atoms with E-state index in [1.807, 2.05) is 0 Å². The van der Waals surface area contributed by atoms with E-state index in [4.69, 9.17) is 11.6 Å². The van der Waals surface area contributed by atoms with Crippen LogP contribution in [0.2, 0.25) is 5.02 Å². The number of methoxy groups -OCH3 is 1. The molecular weight excluding hydrogens is 399 g/mol. The van der Waals surface area contributed by atoms with E-state index in [1.165, 1.54) is 0 Å². The van der Waals surface area contributed by atoms with E-state index in [0.29, 0.717) is 10.6 Å².